The zero-order valence-electron chi connectivity index (χ0n) is 8.91. The van der Waals surface area contributed by atoms with E-state index in [0.717, 1.165) is 24.8 Å². The Kier molecular flexibility index (Phi) is 2.96. The molecule has 2 aliphatic rings. The molecule has 0 bridgehead atoms. The summed E-state index contributed by atoms with van der Waals surface area (Å²) >= 11 is 5.16. The van der Waals surface area contributed by atoms with Crippen molar-refractivity contribution in [1.29, 1.82) is 0 Å². The van der Waals surface area contributed by atoms with Gasteiger partial charge in [0, 0.05) is 12.6 Å². The molecule has 2 fully saturated rings. The molecule has 2 aliphatic carbocycles. The van der Waals surface area contributed by atoms with Gasteiger partial charge in [-0.1, -0.05) is 6.92 Å². The van der Waals surface area contributed by atoms with Crippen LogP contribution in [-0.2, 0) is 0 Å². The van der Waals surface area contributed by atoms with Crippen LogP contribution in [0.1, 0.15) is 39.0 Å². The number of rotatable bonds is 5. The highest BCUT2D eigenvalue weighted by Crippen LogP contribution is 2.47. The van der Waals surface area contributed by atoms with Crippen LogP contribution in [0.2, 0.25) is 0 Å². The van der Waals surface area contributed by atoms with E-state index in [1.165, 1.54) is 25.7 Å². The normalized spacial score (nSPS) is 21.3. The highest BCUT2D eigenvalue weighted by Gasteiger charge is 2.44. The summed E-state index contributed by atoms with van der Waals surface area (Å²) in [5.74, 6) is 1.80. The molecule has 0 aromatic carbocycles. The topological polar surface area (TPSA) is 29.3 Å². The number of nitrogens with two attached hydrogens (primary N) is 1. The minimum atomic E-state index is 0.621. The van der Waals surface area contributed by atoms with Crippen LogP contribution in [0.25, 0.3) is 0 Å². The van der Waals surface area contributed by atoms with Crippen molar-refractivity contribution in [2.45, 2.75) is 45.1 Å². The Morgan fingerprint density at radius 3 is 2.14 bits per heavy atom. The number of thiocarbonyl (C=S) groups is 1. The molecule has 2 nitrogen and oxygen atoms in total. The van der Waals surface area contributed by atoms with Crippen LogP contribution in [-0.4, -0.2) is 22.6 Å². The van der Waals surface area contributed by atoms with Crippen molar-refractivity contribution < 1.29 is 0 Å². The van der Waals surface area contributed by atoms with Gasteiger partial charge in [0.2, 0.25) is 0 Å². The molecule has 0 spiro atoms. The van der Waals surface area contributed by atoms with E-state index in [-0.39, 0.29) is 0 Å². The second kappa shape index (κ2) is 4.05. The van der Waals surface area contributed by atoms with Gasteiger partial charge < -0.3 is 10.6 Å². The van der Waals surface area contributed by atoms with Gasteiger partial charge in [-0.2, -0.15) is 0 Å². The molecule has 3 heteroatoms. The summed E-state index contributed by atoms with van der Waals surface area (Å²) in [7, 11) is 0. The van der Waals surface area contributed by atoms with Crippen molar-refractivity contribution in [3.8, 4) is 0 Å². The van der Waals surface area contributed by atoms with E-state index in [1.54, 1.807) is 0 Å². The molecule has 0 aromatic heterocycles. The third kappa shape index (κ3) is 2.19. The Morgan fingerprint density at radius 1 is 1.36 bits per heavy atom. The number of hydrogen-bond acceptors (Lipinski definition) is 1. The highest BCUT2D eigenvalue weighted by atomic mass is 32.1. The fourth-order valence-corrected chi connectivity index (χ4v) is 2.63. The molecule has 80 valence electrons. The summed E-state index contributed by atoms with van der Waals surface area (Å²) in [6.45, 7) is 3.25. The molecule has 14 heavy (non-hydrogen) atoms. The maximum atomic E-state index is 5.81. The van der Waals surface area contributed by atoms with Crippen LogP contribution in [0.4, 0.5) is 0 Å². The lowest BCUT2D eigenvalue weighted by atomic mass is 10.1. The zero-order valence-corrected chi connectivity index (χ0v) is 9.72. The Morgan fingerprint density at radius 2 is 1.86 bits per heavy atom. The van der Waals surface area contributed by atoms with Gasteiger partial charge in [-0.15, -0.1) is 0 Å². The molecular weight excluding hydrogens is 192 g/mol. The van der Waals surface area contributed by atoms with Gasteiger partial charge >= 0.3 is 0 Å². The first-order valence-electron chi connectivity index (χ1n) is 5.80. The fraction of sp³-hybridized carbons (Fsp3) is 0.909. The third-order valence-electron chi connectivity index (χ3n) is 3.32. The minimum absolute atomic E-state index is 0.621. The van der Waals surface area contributed by atoms with Gasteiger partial charge in [-0.25, -0.2) is 0 Å². The molecule has 2 N–H and O–H groups in total. The van der Waals surface area contributed by atoms with Crippen molar-refractivity contribution in [1.82, 2.24) is 4.90 Å². The lowest BCUT2D eigenvalue weighted by Gasteiger charge is -2.32. The minimum Gasteiger partial charge on any atom is -0.376 e. The van der Waals surface area contributed by atoms with Crippen LogP contribution in [0.5, 0.6) is 0 Å². The van der Waals surface area contributed by atoms with Gasteiger partial charge in [-0.05, 0) is 56.2 Å². The summed E-state index contributed by atoms with van der Waals surface area (Å²) in [5.41, 5.74) is 5.81. The van der Waals surface area contributed by atoms with Gasteiger partial charge in [0.15, 0.2) is 5.11 Å². The van der Waals surface area contributed by atoms with E-state index in [2.05, 4.69) is 11.8 Å². The van der Waals surface area contributed by atoms with E-state index in [9.17, 15) is 0 Å². The largest absolute Gasteiger partial charge is 0.376 e. The molecule has 0 radical (unpaired) electrons. The van der Waals surface area contributed by atoms with Gasteiger partial charge in [-0.3, -0.25) is 0 Å². The summed E-state index contributed by atoms with van der Waals surface area (Å²) in [6, 6.07) is 0.687. The van der Waals surface area contributed by atoms with E-state index < -0.39 is 0 Å². The molecule has 2 saturated carbocycles. The van der Waals surface area contributed by atoms with Crippen LogP contribution in [0.15, 0.2) is 0 Å². The predicted molar refractivity (Wildman–Crippen MR) is 63.0 cm³/mol. The molecule has 2 rings (SSSR count). The molecule has 0 atom stereocenters. The van der Waals surface area contributed by atoms with Crippen LogP contribution >= 0.6 is 12.2 Å². The maximum absolute atomic E-state index is 5.81. The van der Waals surface area contributed by atoms with E-state index in [4.69, 9.17) is 18.0 Å². The SMILES string of the molecule is CCCN(C(N)=S)C(C1CC1)C1CC1. The van der Waals surface area contributed by atoms with Gasteiger partial charge in [0.05, 0.1) is 0 Å². The van der Waals surface area contributed by atoms with E-state index in [1.807, 2.05) is 0 Å². The smallest absolute Gasteiger partial charge is 0.166 e. The van der Waals surface area contributed by atoms with Crippen molar-refractivity contribution in [3.05, 3.63) is 0 Å². The second-order valence-corrected chi connectivity index (χ2v) is 5.12. The van der Waals surface area contributed by atoms with Crippen molar-refractivity contribution in [2.24, 2.45) is 17.6 Å². The van der Waals surface area contributed by atoms with Crippen LogP contribution in [0.3, 0.4) is 0 Å². The van der Waals surface area contributed by atoms with E-state index >= 15 is 0 Å². The van der Waals surface area contributed by atoms with Crippen LogP contribution < -0.4 is 5.73 Å². The Labute approximate surface area is 91.8 Å². The lowest BCUT2D eigenvalue weighted by Crippen LogP contribution is -2.46. The molecule has 0 saturated heterocycles. The molecule has 0 aliphatic heterocycles. The van der Waals surface area contributed by atoms with Crippen molar-refractivity contribution in [3.63, 3.8) is 0 Å². The first kappa shape index (κ1) is 10.2. The van der Waals surface area contributed by atoms with Crippen molar-refractivity contribution in [2.75, 3.05) is 6.54 Å². The summed E-state index contributed by atoms with van der Waals surface area (Å²) < 4.78 is 0. The number of nitrogens with zero attached hydrogens (tertiary/aromatic N) is 1. The zero-order chi connectivity index (χ0) is 10.1. The average Bonchev–Trinajstić information content (AvgIpc) is 2.99. The predicted octanol–water partition coefficient (Wildman–Crippen LogP) is 2.13. The first-order chi connectivity index (χ1) is 6.74. The highest BCUT2D eigenvalue weighted by molar-refractivity contribution is 7.80. The van der Waals surface area contributed by atoms with E-state index in [0.29, 0.717) is 11.2 Å². The Balaban J connectivity index is 2.00. The fourth-order valence-electron chi connectivity index (χ4n) is 2.42. The maximum Gasteiger partial charge on any atom is 0.166 e. The third-order valence-corrected chi connectivity index (χ3v) is 3.55. The molecular formula is C11H20N2S. The van der Waals surface area contributed by atoms with Crippen molar-refractivity contribution >= 4 is 17.3 Å². The average molecular weight is 212 g/mol. The van der Waals surface area contributed by atoms with Crippen LogP contribution in [0, 0.1) is 11.8 Å². The Bertz CT molecular complexity index is 209. The molecule has 0 amide bonds. The quantitative estimate of drug-likeness (QED) is 0.708. The first-order valence-corrected chi connectivity index (χ1v) is 6.21. The summed E-state index contributed by atoms with van der Waals surface area (Å²) in [4.78, 5) is 2.30. The van der Waals surface area contributed by atoms with Gasteiger partial charge in [0.1, 0.15) is 0 Å². The van der Waals surface area contributed by atoms with Gasteiger partial charge in [0.25, 0.3) is 0 Å². The Hall–Kier alpha value is -0.310. The standard InChI is InChI=1S/C11H20N2S/c1-2-7-13(11(12)14)10(8-3-4-8)9-5-6-9/h8-10H,2-7H2,1H3,(H2,12,14). The number of hydrogen-bond donors (Lipinski definition) is 1. The lowest BCUT2D eigenvalue weighted by molar-refractivity contribution is 0.254. The summed E-state index contributed by atoms with van der Waals surface area (Å²) in [5, 5.41) is 0.621. The molecule has 0 aromatic rings. The molecule has 0 unspecified atom stereocenters. The second-order valence-electron chi connectivity index (χ2n) is 4.70. The molecule has 0 heterocycles. The summed E-state index contributed by atoms with van der Waals surface area (Å²) in [6.07, 6.45) is 6.72. The monoisotopic (exact) mass is 212 g/mol.